The minimum absolute atomic E-state index is 0.707. The van der Waals surface area contributed by atoms with Crippen LogP contribution in [0.2, 0.25) is 0 Å². The van der Waals surface area contributed by atoms with Gasteiger partial charge in [0, 0.05) is 25.0 Å². The molecule has 0 saturated heterocycles. The molecule has 0 bridgehead atoms. The van der Waals surface area contributed by atoms with Crippen LogP contribution in [0.15, 0.2) is 42.7 Å². The average molecular weight is 269 g/mol. The Balaban J connectivity index is 1.33. The van der Waals surface area contributed by atoms with Gasteiger partial charge in [-0.1, -0.05) is 29.8 Å². The van der Waals surface area contributed by atoms with Crippen LogP contribution in [0.1, 0.15) is 36.3 Å². The van der Waals surface area contributed by atoms with Gasteiger partial charge in [0.15, 0.2) is 0 Å². The van der Waals surface area contributed by atoms with Gasteiger partial charge >= 0.3 is 0 Å². The smallest absolute Gasteiger partial charge is 0.0489 e. The lowest BCUT2D eigenvalue weighted by atomic mass is 9.76. The first-order chi connectivity index (χ1) is 9.81. The maximum atomic E-state index is 4.21. The number of nitrogens with zero attached hydrogens (tertiary/aromatic N) is 2. The van der Waals surface area contributed by atoms with E-state index in [1.165, 1.54) is 24.0 Å². The van der Waals surface area contributed by atoms with Gasteiger partial charge in [-0.3, -0.25) is 4.68 Å². The van der Waals surface area contributed by atoms with E-state index in [2.05, 4.69) is 41.6 Å². The highest BCUT2D eigenvalue weighted by atomic mass is 15.3. The molecule has 1 saturated carbocycles. The normalized spacial score (nSPS) is 21.6. The first-order valence-corrected chi connectivity index (χ1v) is 7.58. The Bertz CT molecular complexity index is 510. The van der Waals surface area contributed by atoms with Crippen LogP contribution in [0.25, 0.3) is 0 Å². The lowest BCUT2D eigenvalue weighted by Gasteiger charge is -2.36. The van der Waals surface area contributed by atoms with E-state index >= 15 is 0 Å². The summed E-state index contributed by atoms with van der Waals surface area (Å²) < 4.78 is 2.00. The van der Waals surface area contributed by atoms with Crippen molar-refractivity contribution >= 4 is 0 Å². The fourth-order valence-corrected chi connectivity index (χ4v) is 2.88. The topological polar surface area (TPSA) is 29.9 Å². The highest BCUT2D eigenvalue weighted by Crippen LogP contribution is 2.36. The van der Waals surface area contributed by atoms with Crippen molar-refractivity contribution in [3.8, 4) is 0 Å². The van der Waals surface area contributed by atoms with E-state index in [0.29, 0.717) is 6.04 Å². The number of benzene rings is 1. The second-order valence-corrected chi connectivity index (χ2v) is 5.85. The molecule has 0 aliphatic heterocycles. The van der Waals surface area contributed by atoms with Crippen molar-refractivity contribution in [2.45, 2.75) is 44.7 Å². The Morgan fingerprint density at radius 1 is 1.25 bits per heavy atom. The molecule has 1 aromatic carbocycles. The van der Waals surface area contributed by atoms with E-state index in [4.69, 9.17) is 0 Å². The molecule has 0 spiro atoms. The van der Waals surface area contributed by atoms with Crippen LogP contribution in [0.3, 0.4) is 0 Å². The van der Waals surface area contributed by atoms with Crippen LogP contribution in [0.4, 0.5) is 0 Å². The molecule has 1 N–H and O–H groups in total. The monoisotopic (exact) mass is 269 g/mol. The van der Waals surface area contributed by atoms with Gasteiger partial charge in [-0.15, -0.1) is 0 Å². The van der Waals surface area contributed by atoms with Gasteiger partial charge in [0.25, 0.3) is 0 Å². The van der Waals surface area contributed by atoms with Gasteiger partial charge in [-0.2, -0.15) is 5.10 Å². The molecule has 0 amide bonds. The number of nitrogens with one attached hydrogen (secondary N) is 1. The van der Waals surface area contributed by atoms with Crippen LogP contribution >= 0.6 is 0 Å². The molecule has 0 atom stereocenters. The summed E-state index contributed by atoms with van der Waals surface area (Å²) in [7, 11) is 0. The van der Waals surface area contributed by atoms with Crippen LogP contribution < -0.4 is 5.32 Å². The highest BCUT2D eigenvalue weighted by molar-refractivity contribution is 5.26. The summed E-state index contributed by atoms with van der Waals surface area (Å²) in [6.07, 6.45) is 7.57. The van der Waals surface area contributed by atoms with Crippen molar-refractivity contribution in [3.63, 3.8) is 0 Å². The Kier molecular flexibility index (Phi) is 4.16. The molecule has 20 heavy (non-hydrogen) atoms. The van der Waals surface area contributed by atoms with Crippen LogP contribution in [-0.4, -0.2) is 22.4 Å². The lowest BCUT2D eigenvalue weighted by Crippen LogP contribution is -2.40. The molecule has 3 rings (SSSR count). The Morgan fingerprint density at radius 2 is 2.05 bits per heavy atom. The quantitative estimate of drug-likeness (QED) is 0.817. The third-order valence-corrected chi connectivity index (χ3v) is 4.24. The largest absolute Gasteiger partial charge is 0.314 e. The summed E-state index contributed by atoms with van der Waals surface area (Å²) in [5, 5.41) is 7.87. The molecule has 3 nitrogen and oxygen atoms in total. The van der Waals surface area contributed by atoms with Crippen molar-refractivity contribution in [2.75, 3.05) is 6.54 Å². The number of hydrogen-bond donors (Lipinski definition) is 1. The van der Waals surface area contributed by atoms with E-state index < -0.39 is 0 Å². The van der Waals surface area contributed by atoms with Gasteiger partial charge in [-0.05, 0) is 50.3 Å². The van der Waals surface area contributed by atoms with Crippen LogP contribution in [0, 0.1) is 6.92 Å². The van der Waals surface area contributed by atoms with Crippen LogP contribution in [-0.2, 0) is 6.54 Å². The van der Waals surface area contributed by atoms with E-state index in [9.17, 15) is 0 Å². The zero-order chi connectivity index (χ0) is 13.8. The Morgan fingerprint density at radius 3 is 2.75 bits per heavy atom. The summed E-state index contributed by atoms with van der Waals surface area (Å²) in [4.78, 5) is 0. The molecule has 1 aromatic heterocycles. The Labute approximate surface area is 121 Å². The molecule has 1 aliphatic rings. The summed E-state index contributed by atoms with van der Waals surface area (Å²) in [5.74, 6) is 0.763. The molecule has 0 radical (unpaired) electrons. The molecule has 0 unspecified atom stereocenters. The fourth-order valence-electron chi connectivity index (χ4n) is 2.88. The van der Waals surface area contributed by atoms with Crippen LogP contribution in [0.5, 0.6) is 0 Å². The molecular weight excluding hydrogens is 246 g/mol. The average Bonchev–Trinajstić information content (AvgIpc) is 2.91. The standard InChI is InChI=1S/C17H23N3/c1-14-4-6-15(7-5-14)16-12-17(13-16)18-8-2-10-20-11-3-9-19-20/h3-7,9,11,16-18H,2,8,10,12-13H2,1H3. The Hall–Kier alpha value is -1.61. The van der Waals surface area contributed by atoms with Crippen molar-refractivity contribution < 1.29 is 0 Å². The molecule has 1 fully saturated rings. The SMILES string of the molecule is Cc1ccc(C2CC(NCCCn3cccn3)C2)cc1. The van der Waals surface area contributed by atoms with Crippen molar-refractivity contribution in [2.24, 2.45) is 0 Å². The number of aromatic nitrogens is 2. The summed E-state index contributed by atoms with van der Waals surface area (Å²) >= 11 is 0. The van der Waals surface area contributed by atoms with E-state index in [-0.39, 0.29) is 0 Å². The maximum Gasteiger partial charge on any atom is 0.0489 e. The second kappa shape index (κ2) is 6.23. The summed E-state index contributed by atoms with van der Waals surface area (Å²) in [5.41, 5.74) is 2.85. The van der Waals surface area contributed by atoms with Gasteiger partial charge in [0.1, 0.15) is 0 Å². The van der Waals surface area contributed by atoms with E-state index in [1.807, 2.05) is 23.1 Å². The third kappa shape index (κ3) is 3.28. The van der Waals surface area contributed by atoms with Gasteiger partial charge in [-0.25, -0.2) is 0 Å². The maximum absolute atomic E-state index is 4.21. The molecule has 1 heterocycles. The van der Waals surface area contributed by atoms with E-state index in [0.717, 1.165) is 25.4 Å². The highest BCUT2D eigenvalue weighted by Gasteiger charge is 2.29. The molecule has 106 valence electrons. The number of aryl methyl sites for hydroxylation is 2. The van der Waals surface area contributed by atoms with Gasteiger partial charge < -0.3 is 5.32 Å². The van der Waals surface area contributed by atoms with Crippen molar-refractivity contribution in [3.05, 3.63) is 53.9 Å². The van der Waals surface area contributed by atoms with Gasteiger partial charge in [0.2, 0.25) is 0 Å². The predicted molar refractivity (Wildman–Crippen MR) is 81.8 cm³/mol. The van der Waals surface area contributed by atoms with Crippen molar-refractivity contribution in [1.29, 1.82) is 0 Å². The zero-order valence-electron chi connectivity index (χ0n) is 12.1. The van der Waals surface area contributed by atoms with Gasteiger partial charge in [0.05, 0.1) is 0 Å². The minimum atomic E-state index is 0.707. The first kappa shape index (κ1) is 13.4. The summed E-state index contributed by atoms with van der Waals surface area (Å²) in [6, 6.07) is 11.7. The zero-order valence-corrected chi connectivity index (χ0v) is 12.1. The lowest BCUT2D eigenvalue weighted by molar-refractivity contribution is 0.288. The fraction of sp³-hybridized carbons (Fsp3) is 0.471. The number of hydrogen-bond acceptors (Lipinski definition) is 2. The molecular formula is C17H23N3. The second-order valence-electron chi connectivity index (χ2n) is 5.85. The predicted octanol–water partition coefficient (Wildman–Crippen LogP) is 3.12. The first-order valence-electron chi connectivity index (χ1n) is 7.58. The van der Waals surface area contributed by atoms with Crippen molar-refractivity contribution in [1.82, 2.24) is 15.1 Å². The third-order valence-electron chi connectivity index (χ3n) is 4.24. The summed E-state index contributed by atoms with van der Waals surface area (Å²) in [6.45, 7) is 4.24. The molecule has 3 heteroatoms. The number of rotatable bonds is 6. The minimum Gasteiger partial charge on any atom is -0.314 e. The van der Waals surface area contributed by atoms with E-state index in [1.54, 1.807) is 0 Å². The molecule has 1 aliphatic carbocycles. The molecule has 2 aromatic rings.